The summed E-state index contributed by atoms with van der Waals surface area (Å²) in [5.41, 5.74) is 1.97. The zero-order chi connectivity index (χ0) is 19.2. The van der Waals surface area contributed by atoms with Crippen molar-refractivity contribution in [3.8, 4) is 11.5 Å². The van der Waals surface area contributed by atoms with Crippen molar-refractivity contribution in [3.63, 3.8) is 0 Å². The minimum atomic E-state index is 0.0657. The summed E-state index contributed by atoms with van der Waals surface area (Å²) in [6, 6.07) is 11.2. The lowest BCUT2D eigenvalue weighted by Gasteiger charge is -2.15. The maximum Gasteiger partial charge on any atom is 0.231 e. The lowest BCUT2D eigenvalue weighted by molar-refractivity contribution is -0.114. The van der Waals surface area contributed by atoms with Crippen molar-refractivity contribution in [3.05, 3.63) is 63.6 Å². The first-order chi connectivity index (χ1) is 13.0. The van der Waals surface area contributed by atoms with Crippen LogP contribution in [0, 0.1) is 0 Å². The van der Waals surface area contributed by atoms with E-state index in [-0.39, 0.29) is 12.6 Å². The smallest absolute Gasteiger partial charge is 0.231 e. The summed E-state index contributed by atoms with van der Waals surface area (Å²) in [6.07, 6.45) is 4.64. The fourth-order valence-electron chi connectivity index (χ4n) is 2.73. The second kappa shape index (κ2) is 9.27. The van der Waals surface area contributed by atoms with E-state index in [2.05, 4.69) is 4.90 Å². The molecule has 0 aromatic heterocycles. The Kier molecular flexibility index (Phi) is 6.78. The molecular weight excluding hydrogens is 385 g/mol. The summed E-state index contributed by atoms with van der Waals surface area (Å²) in [5.74, 6) is 1.66. The Balaban J connectivity index is 1.42. The third kappa shape index (κ3) is 5.73. The van der Waals surface area contributed by atoms with Gasteiger partial charge >= 0.3 is 0 Å². The molecule has 0 fully saturated rings. The molecule has 0 saturated carbocycles. The Morgan fingerprint density at radius 1 is 1.11 bits per heavy atom. The molecule has 0 amide bonds. The number of nitrogens with zero attached hydrogens (tertiary/aromatic N) is 1. The van der Waals surface area contributed by atoms with Crippen LogP contribution in [0.25, 0.3) is 6.08 Å². The van der Waals surface area contributed by atoms with Crippen LogP contribution in [0.4, 0.5) is 0 Å². The molecule has 1 aliphatic heterocycles. The van der Waals surface area contributed by atoms with Gasteiger partial charge in [-0.3, -0.25) is 4.79 Å². The first-order valence-electron chi connectivity index (χ1n) is 8.74. The molecule has 27 heavy (non-hydrogen) atoms. The predicted molar refractivity (Wildman–Crippen MR) is 109 cm³/mol. The van der Waals surface area contributed by atoms with Crippen LogP contribution in [0.1, 0.15) is 17.5 Å². The molecule has 1 heterocycles. The number of carbonyl (C=O) groups excluding carboxylic acids is 1. The van der Waals surface area contributed by atoms with Crippen molar-refractivity contribution < 1.29 is 14.3 Å². The second-order valence-corrected chi connectivity index (χ2v) is 7.30. The van der Waals surface area contributed by atoms with Crippen LogP contribution in [0.3, 0.4) is 0 Å². The molecule has 2 aromatic carbocycles. The quantitative estimate of drug-likeness (QED) is 0.587. The molecule has 6 heteroatoms. The Bertz CT molecular complexity index is 851. The maximum atomic E-state index is 12.1. The third-order valence-electron chi connectivity index (χ3n) is 4.37. The van der Waals surface area contributed by atoms with E-state index in [0.29, 0.717) is 23.0 Å². The number of rotatable bonds is 8. The highest BCUT2D eigenvalue weighted by Gasteiger charge is 2.13. The molecule has 0 unspecified atom stereocenters. The summed E-state index contributed by atoms with van der Waals surface area (Å²) in [4.78, 5) is 14.2. The van der Waals surface area contributed by atoms with Gasteiger partial charge in [0.25, 0.3) is 0 Å². The van der Waals surface area contributed by atoms with Crippen LogP contribution in [0.2, 0.25) is 10.0 Å². The van der Waals surface area contributed by atoms with Gasteiger partial charge in [-0.1, -0.05) is 35.3 Å². The number of ketones is 1. The van der Waals surface area contributed by atoms with E-state index >= 15 is 0 Å². The van der Waals surface area contributed by atoms with E-state index in [4.69, 9.17) is 32.7 Å². The number of hydrogen-bond donors (Lipinski definition) is 0. The van der Waals surface area contributed by atoms with E-state index in [1.807, 2.05) is 25.2 Å². The van der Waals surface area contributed by atoms with Crippen molar-refractivity contribution in [2.24, 2.45) is 0 Å². The number of likely N-dealkylation sites (N-methyl/N-ethyl adjacent to an activating group) is 1. The van der Waals surface area contributed by atoms with Gasteiger partial charge in [-0.15, -0.1) is 0 Å². The second-order valence-electron chi connectivity index (χ2n) is 6.46. The zero-order valence-electron chi connectivity index (χ0n) is 15.1. The highest BCUT2D eigenvalue weighted by atomic mass is 35.5. The standard InChI is InChI=1S/C21H21Cl2NO3/c1-24(10-8-15-2-7-20-21(12-15)27-14-26-20)11-9-18(25)6-4-16-3-5-17(22)13-19(16)23/h2-7,12-13H,8-11,14H2,1H3/b6-4+. The zero-order valence-corrected chi connectivity index (χ0v) is 16.6. The lowest BCUT2D eigenvalue weighted by Crippen LogP contribution is -2.24. The Labute approximate surface area is 169 Å². The Morgan fingerprint density at radius 2 is 1.93 bits per heavy atom. The molecule has 2 aromatic rings. The maximum absolute atomic E-state index is 12.1. The topological polar surface area (TPSA) is 38.8 Å². The van der Waals surface area contributed by atoms with Crippen molar-refractivity contribution in [2.45, 2.75) is 12.8 Å². The lowest BCUT2D eigenvalue weighted by atomic mass is 10.1. The molecule has 0 atom stereocenters. The molecule has 0 aliphatic carbocycles. The molecule has 3 rings (SSSR count). The average Bonchev–Trinajstić information content (AvgIpc) is 3.11. The summed E-state index contributed by atoms with van der Waals surface area (Å²) in [7, 11) is 2.01. The first-order valence-corrected chi connectivity index (χ1v) is 9.50. The summed E-state index contributed by atoms with van der Waals surface area (Å²) in [5, 5.41) is 1.11. The molecule has 0 radical (unpaired) electrons. The number of allylic oxidation sites excluding steroid dienone is 1. The van der Waals surface area contributed by atoms with E-state index in [1.165, 1.54) is 5.56 Å². The number of fused-ring (bicyclic) bond motifs is 1. The SMILES string of the molecule is CN(CCC(=O)/C=C/c1ccc(Cl)cc1Cl)CCc1ccc2c(c1)OCO2. The Hall–Kier alpha value is -2.01. The highest BCUT2D eigenvalue weighted by molar-refractivity contribution is 6.35. The van der Waals surface area contributed by atoms with Crippen LogP contribution < -0.4 is 9.47 Å². The van der Waals surface area contributed by atoms with Crippen LogP contribution in [0.15, 0.2) is 42.5 Å². The third-order valence-corrected chi connectivity index (χ3v) is 4.93. The Morgan fingerprint density at radius 3 is 2.74 bits per heavy atom. The molecule has 1 aliphatic rings. The fraction of sp³-hybridized carbons (Fsp3) is 0.286. The number of ether oxygens (including phenoxy) is 2. The van der Waals surface area contributed by atoms with E-state index in [9.17, 15) is 4.79 Å². The number of carbonyl (C=O) groups is 1. The molecule has 4 nitrogen and oxygen atoms in total. The van der Waals surface area contributed by atoms with Crippen LogP contribution in [-0.2, 0) is 11.2 Å². The van der Waals surface area contributed by atoms with Crippen LogP contribution in [-0.4, -0.2) is 37.6 Å². The van der Waals surface area contributed by atoms with Gasteiger partial charge in [0, 0.05) is 29.6 Å². The number of hydrogen-bond acceptors (Lipinski definition) is 4. The predicted octanol–water partition coefficient (Wildman–Crippen LogP) is 4.87. The van der Waals surface area contributed by atoms with E-state index in [0.717, 1.165) is 30.0 Å². The average molecular weight is 406 g/mol. The molecule has 0 saturated heterocycles. The van der Waals surface area contributed by atoms with Gasteiger partial charge < -0.3 is 14.4 Å². The van der Waals surface area contributed by atoms with Crippen molar-refractivity contribution in [1.82, 2.24) is 4.90 Å². The molecule has 142 valence electrons. The largest absolute Gasteiger partial charge is 0.454 e. The van der Waals surface area contributed by atoms with Crippen molar-refractivity contribution in [2.75, 3.05) is 26.9 Å². The fourth-order valence-corrected chi connectivity index (χ4v) is 3.20. The van der Waals surface area contributed by atoms with Gasteiger partial charge in [-0.2, -0.15) is 0 Å². The van der Waals surface area contributed by atoms with E-state index in [1.54, 1.807) is 30.4 Å². The van der Waals surface area contributed by atoms with Gasteiger partial charge in [0.05, 0.1) is 0 Å². The van der Waals surface area contributed by atoms with Crippen molar-refractivity contribution in [1.29, 1.82) is 0 Å². The minimum absolute atomic E-state index is 0.0657. The van der Waals surface area contributed by atoms with Crippen LogP contribution in [0.5, 0.6) is 11.5 Å². The van der Waals surface area contributed by atoms with Gasteiger partial charge in [0.2, 0.25) is 6.79 Å². The van der Waals surface area contributed by atoms with Crippen LogP contribution >= 0.6 is 23.2 Å². The van der Waals surface area contributed by atoms with Crippen molar-refractivity contribution >= 4 is 35.1 Å². The van der Waals surface area contributed by atoms with Gasteiger partial charge in [-0.25, -0.2) is 0 Å². The molecule has 0 spiro atoms. The van der Waals surface area contributed by atoms with Gasteiger partial charge in [0.15, 0.2) is 17.3 Å². The molecule has 0 bridgehead atoms. The molecular formula is C21H21Cl2NO3. The van der Waals surface area contributed by atoms with E-state index < -0.39 is 0 Å². The minimum Gasteiger partial charge on any atom is -0.454 e. The normalized spacial score (nSPS) is 12.9. The highest BCUT2D eigenvalue weighted by Crippen LogP contribution is 2.32. The van der Waals surface area contributed by atoms with Gasteiger partial charge in [0.1, 0.15) is 0 Å². The number of benzene rings is 2. The first kappa shape index (κ1) is 19.7. The monoisotopic (exact) mass is 405 g/mol. The summed E-state index contributed by atoms with van der Waals surface area (Å²) < 4.78 is 10.7. The summed E-state index contributed by atoms with van der Waals surface area (Å²) in [6.45, 7) is 1.84. The van der Waals surface area contributed by atoms with Gasteiger partial charge in [-0.05, 0) is 61.0 Å². The molecule has 0 N–H and O–H groups in total. The summed E-state index contributed by atoms with van der Waals surface area (Å²) >= 11 is 12.0. The number of halogens is 2.